The summed E-state index contributed by atoms with van der Waals surface area (Å²) < 4.78 is 26.2. The van der Waals surface area contributed by atoms with Crippen molar-refractivity contribution < 1.29 is 18.0 Å². The second kappa shape index (κ2) is 9.83. The molecule has 0 bridgehead atoms. The summed E-state index contributed by atoms with van der Waals surface area (Å²) in [6.07, 6.45) is 1.48. The first-order valence-corrected chi connectivity index (χ1v) is 13.6. The minimum Gasteiger partial charge on any atom is -0.324 e. The number of anilines is 3. The van der Waals surface area contributed by atoms with E-state index in [-0.39, 0.29) is 11.7 Å². The van der Waals surface area contributed by atoms with E-state index in [0.717, 1.165) is 17.5 Å². The predicted octanol–water partition coefficient (Wildman–Crippen LogP) is 5.00. The molecule has 1 unspecified atom stereocenters. The van der Waals surface area contributed by atoms with Gasteiger partial charge in [-0.05, 0) is 72.5 Å². The molecule has 2 N–H and O–H groups in total. The average molecular weight is 525 g/mol. The van der Waals surface area contributed by atoms with E-state index in [0.29, 0.717) is 41.6 Å². The zero-order valence-electron chi connectivity index (χ0n) is 19.4. The molecule has 2 aliphatic rings. The normalized spacial score (nSPS) is 18.4. The van der Waals surface area contributed by atoms with Crippen LogP contribution < -0.4 is 14.9 Å². The lowest BCUT2D eigenvalue weighted by molar-refractivity contribution is -0.120. The first kappa shape index (κ1) is 24.1. The topological polar surface area (TPSA) is 98.8 Å². The number of rotatable bonds is 4. The van der Waals surface area contributed by atoms with Crippen molar-refractivity contribution in [2.75, 3.05) is 27.2 Å². The van der Waals surface area contributed by atoms with Crippen LogP contribution >= 0.6 is 11.6 Å². The number of nitrogens with one attached hydrogen (secondary N) is 2. The lowest BCUT2D eigenvalue weighted by atomic mass is 10.0. The second-order valence-electron chi connectivity index (χ2n) is 8.80. The Morgan fingerprint density at radius 3 is 2.25 bits per heavy atom. The van der Waals surface area contributed by atoms with Gasteiger partial charge in [0.25, 0.3) is 5.91 Å². The number of sulfonamides is 1. The lowest BCUT2D eigenvalue weighted by Gasteiger charge is -2.28. The van der Waals surface area contributed by atoms with Gasteiger partial charge in [0.15, 0.2) is 0 Å². The van der Waals surface area contributed by atoms with Crippen LogP contribution in [0.25, 0.3) is 0 Å². The number of urea groups is 1. The van der Waals surface area contributed by atoms with Crippen LogP contribution in [-0.4, -0.2) is 37.6 Å². The van der Waals surface area contributed by atoms with E-state index < -0.39 is 22.1 Å². The fourth-order valence-corrected chi connectivity index (χ4v) is 6.35. The molecule has 3 aromatic carbocycles. The third kappa shape index (κ3) is 4.89. The van der Waals surface area contributed by atoms with Crippen molar-refractivity contribution in [2.24, 2.45) is 0 Å². The number of fused-ring (bicyclic) bond motifs is 1. The molecule has 10 heteroatoms. The Balaban J connectivity index is 1.34. The van der Waals surface area contributed by atoms with Crippen LogP contribution in [-0.2, 0) is 21.4 Å². The molecule has 186 valence electrons. The zero-order chi connectivity index (χ0) is 25.3. The van der Waals surface area contributed by atoms with Gasteiger partial charge in [-0.3, -0.25) is 9.10 Å². The molecule has 0 aliphatic carbocycles. The van der Waals surface area contributed by atoms with Gasteiger partial charge in [0.05, 0.1) is 11.4 Å². The highest BCUT2D eigenvalue weighted by Gasteiger charge is 2.38. The molecule has 1 saturated heterocycles. The fraction of sp³-hybridized carbons (Fsp3) is 0.231. The summed E-state index contributed by atoms with van der Waals surface area (Å²) in [5.41, 5.74) is 3.32. The van der Waals surface area contributed by atoms with E-state index in [2.05, 4.69) is 10.6 Å². The quantitative estimate of drug-likeness (QED) is 0.502. The Bertz CT molecular complexity index is 1390. The third-order valence-electron chi connectivity index (χ3n) is 6.38. The summed E-state index contributed by atoms with van der Waals surface area (Å²) in [7, 11) is -3.32. The molecule has 0 spiro atoms. The third-order valence-corrected chi connectivity index (χ3v) is 8.50. The second-order valence-corrected chi connectivity index (χ2v) is 11.2. The Labute approximate surface area is 214 Å². The average Bonchev–Trinajstić information content (AvgIpc) is 3.26. The number of carbonyl (C=O) groups excluding carboxylic acids is 2. The van der Waals surface area contributed by atoms with Crippen molar-refractivity contribution in [3.8, 4) is 0 Å². The Hall–Kier alpha value is -3.56. The van der Waals surface area contributed by atoms with Crippen LogP contribution in [0, 0.1) is 0 Å². The first-order chi connectivity index (χ1) is 17.3. The largest absolute Gasteiger partial charge is 0.324 e. The summed E-state index contributed by atoms with van der Waals surface area (Å²) in [5.74, 6) is -0.218. The fourth-order valence-electron chi connectivity index (χ4n) is 4.59. The van der Waals surface area contributed by atoms with Crippen molar-refractivity contribution in [1.82, 2.24) is 4.90 Å². The van der Waals surface area contributed by atoms with Crippen LogP contribution in [0.1, 0.15) is 30.0 Å². The number of halogens is 1. The SMILES string of the molecule is O=C(Nc1ccc(N2CCCCS2(=O)=O)cc1)C1c2ccccc2CN1C(=O)Nc1ccc(Cl)cc1. The minimum absolute atomic E-state index is 0.139. The monoisotopic (exact) mass is 524 g/mol. The molecular formula is C26H25ClN4O4S. The number of hydrogen-bond donors (Lipinski definition) is 2. The van der Waals surface area contributed by atoms with E-state index in [4.69, 9.17) is 11.6 Å². The van der Waals surface area contributed by atoms with Gasteiger partial charge >= 0.3 is 6.03 Å². The van der Waals surface area contributed by atoms with E-state index in [9.17, 15) is 18.0 Å². The van der Waals surface area contributed by atoms with Crippen molar-refractivity contribution >= 4 is 50.6 Å². The Morgan fingerprint density at radius 1 is 0.861 bits per heavy atom. The highest BCUT2D eigenvalue weighted by Crippen LogP contribution is 2.35. The van der Waals surface area contributed by atoms with E-state index in [1.807, 2.05) is 24.3 Å². The van der Waals surface area contributed by atoms with Crippen LogP contribution in [0.3, 0.4) is 0 Å². The van der Waals surface area contributed by atoms with E-state index in [1.54, 1.807) is 48.5 Å². The van der Waals surface area contributed by atoms with Crippen LogP contribution in [0.2, 0.25) is 5.02 Å². The van der Waals surface area contributed by atoms with Gasteiger partial charge in [-0.25, -0.2) is 13.2 Å². The Kier molecular flexibility index (Phi) is 6.59. The molecule has 5 rings (SSSR count). The standard InChI is InChI=1S/C26H25ClN4O4S/c27-19-7-9-21(10-8-19)29-26(33)30-17-18-5-1-2-6-23(18)24(30)25(32)28-20-11-13-22(14-12-20)31-15-3-4-16-36(31,34)35/h1-2,5-14,24H,3-4,15-17H2,(H,28,32)(H,29,33). The molecule has 0 radical (unpaired) electrons. The van der Waals surface area contributed by atoms with Crippen molar-refractivity contribution in [1.29, 1.82) is 0 Å². The van der Waals surface area contributed by atoms with Crippen LogP contribution in [0.4, 0.5) is 21.9 Å². The number of amides is 3. The maximum absolute atomic E-state index is 13.4. The number of carbonyl (C=O) groups is 2. The molecule has 0 aromatic heterocycles. The molecule has 3 aromatic rings. The molecule has 8 nitrogen and oxygen atoms in total. The van der Waals surface area contributed by atoms with Crippen LogP contribution in [0.5, 0.6) is 0 Å². The number of nitrogens with zero attached hydrogens (tertiary/aromatic N) is 2. The maximum atomic E-state index is 13.4. The van der Waals surface area contributed by atoms with Crippen LogP contribution in [0.15, 0.2) is 72.8 Å². The van der Waals surface area contributed by atoms with E-state index >= 15 is 0 Å². The molecule has 1 fully saturated rings. The van der Waals surface area contributed by atoms with Gasteiger partial charge in [-0.2, -0.15) is 0 Å². The van der Waals surface area contributed by atoms with Gasteiger partial charge in [-0.1, -0.05) is 35.9 Å². The summed E-state index contributed by atoms with van der Waals surface area (Å²) in [5, 5.41) is 6.28. The van der Waals surface area contributed by atoms with E-state index in [1.165, 1.54) is 9.21 Å². The Morgan fingerprint density at radius 2 is 1.53 bits per heavy atom. The van der Waals surface area contributed by atoms with Gasteiger partial charge in [-0.15, -0.1) is 0 Å². The maximum Gasteiger partial charge on any atom is 0.323 e. The lowest BCUT2D eigenvalue weighted by Crippen LogP contribution is -2.39. The molecular weight excluding hydrogens is 500 g/mol. The highest BCUT2D eigenvalue weighted by atomic mass is 35.5. The number of benzene rings is 3. The molecule has 3 amide bonds. The summed E-state index contributed by atoms with van der Waals surface area (Å²) in [4.78, 5) is 28.1. The molecule has 0 saturated carbocycles. The number of hydrogen-bond acceptors (Lipinski definition) is 4. The molecule has 2 aliphatic heterocycles. The zero-order valence-corrected chi connectivity index (χ0v) is 20.9. The molecule has 36 heavy (non-hydrogen) atoms. The summed E-state index contributed by atoms with van der Waals surface area (Å²) in [6, 6.07) is 19.7. The molecule has 2 heterocycles. The predicted molar refractivity (Wildman–Crippen MR) is 141 cm³/mol. The van der Waals surface area contributed by atoms with Crippen molar-refractivity contribution in [2.45, 2.75) is 25.4 Å². The summed E-state index contributed by atoms with van der Waals surface area (Å²) in [6.45, 7) is 0.740. The highest BCUT2D eigenvalue weighted by molar-refractivity contribution is 7.92. The minimum atomic E-state index is -3.32. The van der Waals surface area contributed by atoms with Crippen molar-refractivity contribution in [3.63, 3.8) is 0 Å². The van der Waals surface area contributed by atoms with Gasteiger partial charge < -0.3 is 15.5 Å². The van der Waals surface area contributed by atoms with Gasteiger partial charge in [0.1, 0.15) is 6.04 Å². The van der Waals surface area contributed by atoms with Gasteiger partial charge in [0, 0.05) is 29.5 Å². The smallest absolute Gasteiger partial charge is 0.323 e. The first-order valence-electron chi connectivity index (χ1n) is 11.6. The van der Waals surface area contributed by atoms with Gasteiger partial charge in [0.2, 0.25) is 10.0 Å². The van der Waals surface area contributed by atoms with Crippen molar-refractivity contribution in [3.05, 3.63) is 88.9 Å². The summed E-state index contributed by atoms with van der Waals surface area (Å²) >= 11 is 5.94. The molecule has 1 atom stereocenters.